The topological polar surface area (TPSA) is 38.3 Å². The first kappa shape index (κ1) is 17.3. The summed E-state index contributed by atoms with van der Waals surface area (Å²) in [6.07, 6.45) is -2.30. The minimum atomic E-state index is -4.34. The number of ether oxygens (including phenoxy) is 1. The highest BCUT2D eigenvalue weighted by molar-refractivity contribution is 5.81. The van der Waals surface area contributed by atoms with Crippen LogP contribution in [0, 0.1) is 17.8 Å². The van der Waals surface area contributed by atoms with E-state index in [1.165, 1.54) is 7.11 Å². The molecule has 1 fully saturated rings. The molecule has 0 aromatic heterocycles. The predicted molar refractivity (Wildman–Crippen MR) is 70.1 cm³/mol. The molecule has 1 aliphatic rings. The molecule has 6 heteroatoms. The van der Waals surface area contributed by atoms with Crippen molar-refractivity contribution in [2.45, 2.75) is 51.7 Å². The van der Waals surface area contributed by atoms with Crippen molar-refractivity contribution in [3.05, 3.63) is 0 Å². The van der Waals surface area contributed by atoms with Gasteiger partial charge in [-0.2, -0.15) is 13.2 Å². The second-order valence-electron chi connectivity index (χ2n) is 6.17. The largest absolute Gasteiger partial charge is 0.468 e. The fourth-order valence-corrected chi connectivity index (χ4v) is 3.37. The summed E-state index contributed by atoms with van der Waals surface area (Å²) in [5.74, 6) is -0.410. The molecule has 0 spiro atoms. The Kier molecular flexibility index (Phi) is 5.46. The van der Waals surface area contributed by atoms with E-state index in [1.807, 2.05) is 20.8 Å². The van der Waals surface area contributed by atoms with Gasteiger partial charge in [0.15, 0.2) is 0 Å². The molecule has 0 heterocycles. The predicted octanol–water partition coefficient (Wildman–Crippen LogP) is 3.14. The van der Waals surface area contributed by atoms with Crippen LogP contribution in [0.15, 0.2) is 0 Å². The number of nitrogens with one attached hydrogen (secondary N) is 1. The van der Waals surface area contributed by atoms with Gasteiger partial charge in [0, 0.05) is 0 Å². The van der Waals surface area contributed by atoms with Crippen LogP contribution in [0.5, 0.6) is 0 Å². The maximum Gasteiger partial charge on any atom is 0.401 e. The molecule has 0 saturated heterocycles. The van der Waals surface area contributed by atoms with E-state index in [2.05, 4.69) is 5.32 Å². The summed E-state index contributed by atoms with van der Waals surface area (Å²) in [6.45, 7) is 4.67. The maximum absolute atomic E-state index is 12.6. The van der Waals surface area contributed by atoms with Crippen LogP contribution >= 0.6 is 0 Å². The van der Waals surface area contributed by atoms with Crippen molar-refractivity contribution in [1.29, 1.82) is 0 Å². The number of methoxy groups -OCH3 is 1. The van der Waals surface area contributed by atoms with Gasteiger partial charge in [0.1, 0.15) is 5.54 Å². The summed E-state index contributed by atoms with van der Waals surface area (Å²) in [5.41, 5.74) is -1.23. The monoisotopic (exact) mass is 295 g/mol. The van der Waals surface area contributed by atoms with Crippen LogP contribution in [0.25, 0.3) is 0 Å². The Hall–Kier alpha value is -0.780. The smallest absolute Gasteiger partial charge is 0.401 e. The quantitative estimate of drug-likeness (QED) is 0.810. The second kappa shape index (κ2) is 6.33. The Morgan fingerprint density at radius 1 is 1.40 bits per heavy atom. The van der Waals surface area contributed by atoms with Crippen LogP contribution in [-0.4, -0.2) is 31.3 Å². The van der Waals surface area contributed by atoms with Crippen molar-refractivity contribution < 1.29 is 22.7 Å². The molecule has 0 bridgehead atoms. The number of esters is 1. The molecule has 0 radical (unpaired) electrons. The maximum atomic E-state index is 12.6. The first-order valence-corrected chi connectivity index (χ1v) is 7.02. The Bertz CT molecular complexity index is 344. The average molecular weight is 295 g/mol. The van der Waals surface area contributed by atoms with E-state index in [0.29, 0.717) is 6.42 Å². The SMILES string of the molecule is COC(=O)C1(NCC(F)(F)F)CC(C)CCC1C(C)C. The first-order valence-electron chi connectivity index (χ1n) is 7.02. The third kappa shape index (κ3) is 3.87. The van der Waals surface area contributed by atoms with Crippen LogP contribution in [0.3, 0.4) is 0 Å². The molecule has 20 heavy (non-hydrogen) atoms. The van der Waals surface area contributed by atoms with Crippen LogP contribution < -0.4 is 5.32 Å². The summed E-state index contributed by atoms with van der Waals surface area (Å²) in [6, 6.07) is 0. The lowest BCUT2D eigenvalue weighted by Gasteiger charge is -2.46. The van der Waals surface area contributed by atoms with Gasteiger partial charge in [-0.3, -0.25) is 10.1 Å². The molecule has 3 atom stereocenters. The molecule has 1 saturated carbocycles. The van der Waals surface area contributed by atoms with Gasteiger partial charge in [-0.25, -0.2) is 0 Å². The third-order valence-electron chi connectivity index (χ3n) is 4.23. The van der Waals surface area contributed by atoms with Crippen molar-refractivity contribution in [3.8, 4) is 0 Å². The van der Waals surface area contributed by atoms with Crippen molar-refractivity contribution in [2.24, 2.45) is 17.8 Å². The normalized spacial score (nSPS) is 31.4. The molecular formula is C14H24F3NO2. The van der Waals surface area contributed by atoms with Crippen LogP contribution in [0.2, 0.25) is 0 Å². The van der Waals surface area contributed by atoms with E-state index in [9.17, 15) is 18.0 Å². The van der Waals surface area contributed by atoms with Gasteiger partial charge in [0.05, 0.1) is 13.7 Å². The molecule has 0 aromatic carbocycles. The number of carbonyl (C=O) groups is 1. The molecule has 3 nitrogen and oxygen atoms in total. The van der Waals surface area contributed by atoms with Crippen LogP contribution in [-0.2, 0) is 9.53 Å². The Labute approximate surface area is 118 Å². The summed E-state index contributed by atoms with van der Waals surface area (Å²) in [5, 5.41) is 2.49. The van der Waals surface area contributed by atoms with Crippen molar-refractivity contribution in [1.82, 2.24) is 5.32 Å². The zero-order valence-corrected chi connectivity index (χ0v) is 12.5. The van der Waals surface area contributed by atoms with Gasteiger partial charge < -0.3 is 4.74 Å². The number of rotatable bonds is 4. The average Bonchev–Trinajstić information content (AvgIpc) is 2.34. The van der Waals surface area contributed by atoms with Gasteiger partial charge >= 0.3 is 12.1 Å². The lowest BCUT2D eigenvalue weighted by molar-refractivity contribution is -0.161. The Morgan fingerprint density at radius 2 is 2.00 bits per heavy atom. The third-order valence-corrected chi connectivity index (χ3v) is 4.23. The summed E-state index contributed by atoms with van der Waals surface area (Å²) < 4.78 is 42.5. The van der Waals surface area contributed by atoms with E-state index in [4.69, 9.17) is 4.74 Å². The molecule has 0 amide bonds. The molecule has 1 N–H and O–H groups in total. The second-order valence-corrected chi connectivity index (χ2v) is 6.17. The van der Waals surface area contributed by atoms with Gasteiger partial charge in [-0.1, -0.05) is 27.2 Å². The van der Waals surface area contributed by atoms with E-state index in [1.54, 1.807) is 0 Å². The fraction of sp³-hybridized carbons (Fsp3) is 0.929. The van der Waals surface area contributed by atoms with E-state index in [-0.39, 0.29) is 17.8 Å². The van der Waals surface area contributed by atoms with Gasteiger partial charge in [-0.05, 0) is 30.6 Å². The van der Waals surface area contributed by atoms with E-state index >= 15 is 0 Å². The first-order chi connectivity index (χ1) is 9.12. The van der Waals surface area contributed by atoms with E-state index in [0.717, 1.165) is 12.8 Å². The van der Waals surface area contributed by atoms with Crippen molar-refractivity contribution in [3.63, 3.8) is 0 Å². The number of hydrogen-bond donors (Lipinski definition) is 1. The summed E-state index contributed by atoms with van der Waals surface area (Å²) in [4.78, 5) is 12.2. The lowest BCUT2D eigenvalue weighted by Crippen LogP contribution is -2.63. The highest BCUT2D eigenvalue weighted by Gasteiger charge is 2.51. The highest BCUT2D eigenvalue weighted by Crippen LogP contribution is 2.42. The van der Waals surface area contributed by atoms with Crippen molar-refractivity contribution in [2.75, 3.05) is 13.7 Å². The number of hydrogen-bond acceptors (Lipinski definition) is 3. The van der Waals surface area contributed by atoms with Gasteiger partial charge in [0.25, 0.3) is 0 Å². The molecule has 1 rings (SSSR count). The van der Waals surface area contributed by atoms with Gasteiger partial charge in [-0.15, -0.1) is 0 Å². The number of alkyl halides is 3. The number of halogens is 3. The standard InChI is InChI=1S/C14H24F3NO2/c1-9(2)11-6-5-10(3)7-13(11,12(19)20-4)18-8-14(15,16)17/h9-11,18H,5-8H2,1-4H3. The zero-order chi connectivity index (χ0) is 15.6. The Morgan fingerprint density at radius 3 is 2.45 bits per heavy atom. The van der Waals surface area contributed by atoms with Crippen LogP contribution in [0.4, 0.5) is 13.2 Å². The fourth-order valence-electron chi connectivity index (χ4n) is 3.37. The van der Waals surface area contributed by atoms with Gasteiger partial charge in [0.2, 0.25) is 0 Å². The summed E-state index contributed by atoms with van der Waals surface area (Å²) >= 11 is 0. The van der Waals surface area contributed by atoms with Crippen molar-refractivity contribution >= 4 is 5.97 Å². The molecular weight excluding hydrogens is 271 g/mol. The lowest BCUT2D eigenvalue weighted by atomic mass is 9.65. The minimum absolute atomic E-state index is 0.113. The summed E-state index contributed by atoms with van der Waals surface area (Å²) in [7, 11) is 1.23. The molecule has 0 aromatic rings. The van der Waals surface area contributed by atoms with Crippen LogP contribution in [0.1, 0.15) is 40.0 Å². The Balaban J connectivity index is 3.07. The molecule has 0 aliphatic heterocycles. The highest BCUT2D eigenvalue weighted by atomic mass is 19.4. The number of carbonyl (C=O) groups excluding carboxylic acids is 1. The van der Waals surface area contributed by atoms with E-state index < -0.39 is 24.2 Å². The zero-order valence-electron chi connectivity index (χ0n) is 12.5. The minimum Gasteiger partial charge on any atom is -0.468 e. The molecule has 1 aliphatic carbocycles. The molecule has 3 unspecified atom stereocenters. The molecule has 118 valence electrons.